The number of anilines is 1. The quantitative estimate of drug-likeness (QED) is 0.686. The van der Waals surface area contributed by atoms with E-state index in [1.54, 1.807) is 0 Å². The van der Waals surface area contributed by atoms with Crippen LogP contribution in [0.25, 0.3) is 0 Å². The summed E-state index contributed by atoms with van der Waals surface area (Å²) in [5.41, 5.74) is 0.368. The molecule has 1 fully saturated rings. The fourth-order valence-corrected chi connectivity index (χ4v) is 1.59. The van der Waals surface area contributed by atoms with Gasteiger partial charge in [-0.3, -0.25) is 9.59 Å². The minimum atomic E-state index is -0.596. The number of Topliss-reactive ketones (excluding diaryl/α,β-unsaturated/α-hetero) is 1. The molecular weight excluding hydrogens is 221 g/mol. The summed E-state index contributed by atoms with van der Waals surface area (Å²) >= 11 is 5.51. The zero-order chi connectivity index (χ0) is 11.0. The Morgan fingerprint density at radius 1 is 1.33 bits per heavy atom. The van der Waals surface area contributed by atoms with Gasteiger partial charge >= 0.3 is 0 Å². The molecule has 0 atom stereocenters. The van der Waals surface area contributed by atoms with E-state index in [0.717, 1.165) is 6.07 Å². The molecule has 3 nitrogen and oxygen atoms in total. The number of rotatable bonds is 1. The summed E-state index contributed by atoms with van der Waals surface area (Å²) in [6, 6.07) is 4.03. The molecule has 0 spiro atoms. The molecule has 0 bridgehead atoms. The van der Waals surface area contributed by atoms with Crippen molar-refractivity contribution in [1.82, 2.24) is 0 Å². The molecule has 78 valence electrons. The first kappa shape index (κ1) is 10.1. The Morgan fingerprint density at radius 2 is 2.07 bits per heavy atom. The molecule has 1 aliphatic heterocycles. The molecule has 1 aromatic rings. The van der Waals surface area contributed by atoms with E-state index < -0.39 is 17.5 Å². The van der Waals surface area contributed by atoms with Crippen LogP contribution in [0.4, 0.5) is 10.1 Å². The standard InChI is InChI=1S/C10H7ClFNO2/c11-7-2-1-6(5-8(7)12)13-4-3-9(14)10(13)15/h1-2,5H,3-4H2. The van der Waals surface area contributed by atoms with Gasteiger partial charge in [0, 0.05) is 18.7 Å². The summed E-state index contributed by atoms with van der Waals surface area (Å²) in [5, 5.41) is -0.00303. The predicted octanol–water partition coefficient (Wildman–Crippen LogP) is 1.78. The number of benzene rings is 1. The largest absolute Gasteiger partial charge is 0.305 e. The van der Waals surface area contributed by atoms with Gasteiger partial charge in [-0.25, -0.2) is 4.39 Å². The normalized spacial score (nSPS) is 16.3. The molecule has 0 saturated carbocycles. The molecule has 0 aliphatic carbocycles. The number of hydrogen-bond donors (Lipinski definition) is 0. The summed E-state index contributed by atoms with van der Waals surface area (Å²) in [4.78, 5) is 23.6. The topological polar surface area (TPSA) is 37.4 Å². The minimum Gasteiger partial charge on any atom is -0.305 e. The van der Waals surface area contributed by atoms with Crippen LogP contribution in [0.2, 0.25) is 5.02 Å². The van der Waals surface area contributed by atoms with E-state index in [1.807, 2.05) is 0 Å². The second kappa shape index (κ2) is 3.62. The van der Waals surface area contributed by atoms with E-state index in [-0.39, 0.29) is 11.4 Å². The third kappa shape index (κ3) is 1.72. The molecule has 5 heteroatoms. The summed E-state index contributed by atoms with van der Waals surface area (Å²) < 4.78 is 13.1. The lowest BCUT2D eigenvalue weighted by Gasteiger charge is -2.14. The van der Waals surface area contributed by atoms with E-state index in [0.29, 0.717) is 12.2 Å². The molecule has 0 radical (unpaired) electrons. The highest BCUT2D eigenvalue weighted by Crippen LogP contribution is 2.24. The number of carbonyl (C=O) groups is 2. The van der Waals surface area contributed by atoms with E-state index in [2.05, 4.69) is 0 Å². The van der Waals surface area contributed by atoms with Gasteiger partial charge < -0.3 is 4.90 Å². The van der Waals surface area contributed by atoms with Gasteiger partial charge in [0.1, 0.15) is 5.82 Å². The number of ketones is 1. The molecule has 1 amide bonds. The van der Waals surface area contributed by atoms with Gasteiger partial charge in [-0.15, -0.1) is 0 Å². The van der Waals surface area contributed by atoms with Gasteiger partial charge in [0.25, 0.3) is 5.91 Å². The van der Waals surface area contributed by atoms with Crippen LogP contribution in [0, 0.1) is 5.82 Å². The Hall–Kier alpha value is -1.42. The lowest BCUT2D eigenvalue weighted by molar-refractivity contribution is -0.133. The van der Waals surface area contributed by atoms with Crippen molar-refractivity contribution in [3.05, 3.63) is 29.0 Å². The maximum atomic E-state index is 13.1. The van der Waals surface area contributed by atoms with Crippen LogP contribution in [-0.4, -0.2) is 18.2 Å². The van der Waals surface area contributed by atoms with Gasteiger partial charge in [0.15, 0.2) is 0 Å². The van der Waals surface area contributed by atoms with Crippen LogP contribution >= 0.6 is 11.6 Å². The van der Waals surface area contributed by atoms with Crippen molar-refractivity contribution in [3.63, 3.8) is 0 Å². The number of halogens is 2. The highest BCUT2D eigenvalue weighted by atomic mass is 35.5. The first-order valence-corrected chi connectivity index (χ1v) is 4.77. The van der Waals surface area contributed by atoms with Crippen molar-refractivity contribution in [2.75, 3.05) is 11.4 Å². The van der Waals surface area contributed by atoms with Crippen molar-refractivity contribution in [3.8, 4) is 0 Å². The highest BCUT2D eigenvalue weighted by molar-refractivity contribution is 6.43. The van der Waals surface area contributed by atoms with Gasteiger partial charge in [0.2, 0.25) is 5.78 Å². The fraction of sp³-hybridized carbons (Fsp3) is 0.200. The van der Waals surface area contributed by atoms with Gasteiger partial charge in [-0.1, -0.05) is 11.6 Å². The Morgan fingerprint density at radius 3 is 2.60 bits per heavy atom. The van der Waals surface area contributed by atoms with Crippen LogP contribution in [0.1, 0.15) is 6.42 Å². The summed E-state index contributed by atoms with van der Waals surface area (Å²) in [7, 11) is 0. The Labute approximate surface area is 90.4 Å². The number of hydrogen-bond acceptors (Lipinski definition) is 2. The van der Waals surface area contributed by atoms with Crippen molar-refractivity contribution in [2.24, 2.45) is 0 Å². The third-order valence-corrected chi connectivity index (χ3v) is 2.57. The Balaban J connectivity index is 2.34. The molecule has 1 aliphatic rings. The molecule has 1 aromatic carbocycles. The average Bonchev–Trinajstić information content (AvgIpc) is 2.53. The number of carbonyl (C=O) groups excluding carboxylic acids is 2. The monoisotopic (exact) mass is 227 g/mol. The first-order valence-electron chi connectivity index (χ1n) is 4.39. The molecule has 2 rings (SSSR count). The zero-order valence-corrected chi connectivity index (χ0v) is 8.42. The number of nitrogens with zero attached hydrogens (tertiary/aromatic N) is 1. The fourth-order valence-electron chi connectivity index (χ4n) is 1.47. The third-order valence-electron chi connectivity index (χ3n) is 2.26. The van der Waals surface area contributed by atoms with Gasteiger partial charge in [-0.05, 0) is 18.2 Å². The maximum absolute atomic E-state index is 13.1. The SMILES string of the molecule is O=C1CCN(c2ccc(Cl)c(F)c2)C1=O. The van der Waals surface area contributed by atoms with Crippen LogP contribution < -0.4 is 4.90 Å². The molecule has 1 heterocycles. The second-order valence-corrected chi connectivity index (χ2v) is 3.64. The summed E-state index contributed by atoms with van der Waals surface area (Å²) in [6.07, 6.45) is 0.184. The van der Waals surface area contributed by atoms with E-state index in [1.165, 1.54) is 17.0 Å². The van der Waals surface area contributed by atoms with Crippen LogP contribution in [0.5, 0.6) is 0 Å². The smallest absolute Gasteiger partial charge is 0.294 e. The second-order valence-electron chi connectivity index (χ2n) is 3.23. The number of amides is 1. The Kier molecular flexibility index (Phi) is 2.44. The van der Waals surface area contributed by atoms with Gasteiger partial charge in [-0.2, -0.15) is 0 Å². The van der Waals surface area contributed by atoms with E-state index in [9.17, 15) is 14.0 Å². The lowest BCUT2D eigenvalue weighted by Crippen LogP contribution is -2.26. The van der Waals surface area contributed by atoms with Crippen molar-refractivity contribution >= 4 is 29.0 Å². The lowest BCUT2D eigenvalue weighted by atomic mass is 10.3. The van der Waals surface area contributed by atoms with Crippen molar-refractivity contribution in [2.45, 2.75) is 6.42 Å². The molecule has 1 saturated heterocycles. The zero-order valence-electron chi connectivity index (χ0n) is 7.67. The molecular formula is C10H7ClFNO2. The van der Waals surface area contributed by atoms with E-state index in [4.69, 9.17) is 11.6 Å². The minimum absolute atomic E-state index is 0.00303. The molecule has 0 unspecified atom stereocenters. The first-order chi connectivity index (χ1) is 7.09. The summed E-state index contributed by atoms with van der Waals surface area (Å²) in [5.74, 6) is -1.62. The van der Waals surface area contributed by atoms with Crippen molar-refractivity contribution in [1.29, 1.82) is 0 Å². The van der Waals surface area contributed by atoms with Crippen LogP contribution in [-0.2, 0) is 9.59 Å². The highest BCUT2D eigenvalue weighted by Gasteiger charge is 2.30. The van der Waals surface area contributed by atoms with Gasteiger partial charge in [0.05, 0.1) is 5.02 Å². The van der Waals surface area contributed by atoms with Crippen molar-refractivity contribution < 1.29 is 14.0 Å². The van der Waals surface area contributed by atoms with Crippen LogP contribution in [0.3, 0.4) is 0 Å². The maximum Gasteiger partial charge on any atom is 0.294 e. The Bertz CT molecular complexity index is 447. The van der Waals surface area contributed by atoms with E-state index >= 15 is 0 Å². The molecule has 0 N–H and O–H groups in total. The predicted molar refractivity (Wildman–Crippen MR) is 53.4 cm³/mol. The van der Waals surface area contributed by atoms with Crippen LogP contribution in [0.15, 0.2) is 18.2 Å². The summed E-state index contributed by atoms with van der Waals surface area (Å²) in [6.45, 7) is 0.304. The molecule has 0 aromatic heterocycles. The average molecular weight is 228 g/mol. The molecule has 15 heavy (non-hydrogen) atoms.